The molecule has 0 saturated carbocycles. The second-order valence-corrected chi connectivity index (χ2v) is 6.60. The summed E-state index contributed by atoms with van der Waals surface area (Å²) in [6, 6.07) is 0.462. The van der Waals surface area contributed by atoms with Crippen molar-refractivity contribution in [1.29, 1.82) is 0 Å². The molecule has 4 nitrogen and oxygen atoms in total. The van der Waals surface area contributed by atoms with Gasteiger partial charge in [-0.2, -0.15) is 0 Å². The van der Waals surface area contributed by atoms with E-state index < -0.39 is 0 Å². The standard InChI is InChI=1S/C15H31N3O/c1-13(18-10-4-5-11-18)12-17-14(19)6-7-15(2,3)8-9-16/h13H,4-12,16H2,1-3H3,(H,17,19). The molecule has 1 rings (SSSR count). The van der Waals surface area contributed by atoms with Gasteiger partial charge in [-0.15, -0.1) is 0 Å². The molecule has 1 amide bonds. The van der Waals surface area contributed by atoms with E-state index in [4.69, 9.17) is 5.73 Å². The lowest BCUT2D eigenvalue weighted by Crippen LogP contribution is -2.40. The summed E-state index contributed by atoms with van der Waals surface area (Å²) in [5.41, 5.74) is 5.76. The molecule has 112 valence electrons. The summed E-state index contributed by atoms with van der Waals surface area (Å²) in [5, 5.41) is 3.06. The van der Waals surface area contributed by atoms with E-state index in [9.17, 15) is 4.79 Å². The van der Waals surface area contributed by atoms with Gasteiger partial charge >= 0.3 is 0 Å². The third-order valence-electron chi connectivity index (χ3n) is 4.21. The van der Waals surface area contributed by atoms with Gasteiger partial charge in [-0.1, -0.05) is 13.8 Å². The minimum Gasteiger partial charge on any atom is -0.355 e. The van der Waals surface area contributed by atoms with Crippen LogP contribution in [0.3, 0.4) is 0 Å². The minimum atomic E-state index is 0.173. The van der Waals surface area contributed by atoms with Crippen LogP contribution in [0.15, 0.2) is 0 Å². The topological polar surface area (TPSA) is 58.4 Å². The number of carbonyl (C=O) groups is 1. The molecule has 1 atom stereocenters. The van der Waals surface area contributed by atoms with E-state index in [-0.39, 0.29) is 11.3 Å². The molecule has 1 aliphatic rings. The van der Waals surface area contributed by atoms with Crippen LogP contribution in [0, 0.1) is 5.41 Å². The van der Waals surface area contributed by atoms with Gasteiger partial charge in [0.1, 0.15) is 0 Å². The molecule has 0 aromatic rings. The molecule has 0 spiro atoms. The predicted octanol–water partition coefficient (Wildman–Crippen LogP) is 1.74. The zero-order valence-corrected chi connectivity index (χ0v) is 12.9. The molecule has 1 unspecified atom stereocenters. The molecule has 1 aliphatic heterocycles. The van der Waals surface area contributed by atoms with Crippen molar-refractivity contribution in [2.75, 3.05) is 26.2 Å². The van der Waals surface area contributed by atoms with E-state index in [1.165, 1.54) is 25.9 Å². The first-order chi connectivity index (χ1) is 8.94. The highest BCUT2D eigenvalue weighted by Gasteiger charge is 2.20. The summed E-state index contributed by atoms with van der Waals surface area (Å²) >= 11 is 0. The number of rotatable bonds is 8. The van der Waals surface area contributed by atoms with E-state index in [2.05, 4.69) is 31.0 Å². The zero-order valence-electron chi connectivity index (χ0n) is 12.9. The third-order valence-corrected chi connectivity index (χ3v) is 4.21. The van der Waals surface area contributed by atoms with Crippen molar-refractivity contribution in [2.45, 2.75) is 58.9 Å². The zero-order chi connectivity index (χ0) is 14.3. The fourth-order valence-electron chi connectivity index (χ4n) is 2.63. The molecule has 19 heavy (non-hydrogen) atoms. The summed E-state index contributed by atoms with van der Waals surface area (Å²) in [7, 11) is 0. The van der Waals surface area contributed by atoms with Crippen LogP contribution in [0.25, 0.3) is 0 Å². The number of nitrogens with two attached hydrogens (primary N) is 1. The monoisotopic (exact) mass is 269 g/mol. The number of hydrogen-bond donors (Lipinski definition) is 2. The van der Waals surface area contributed by atoms with Gasteiger partial charge in [0.25, 0.3) is 0 Å². The molecule has 0 aromatic heterocycles. The predicted molar refractivity (Wildman–Crippen MR) is 80.0 cm³/mol. The van der Waals surface area contributed by atoms with Crippen LogP contribution >= 0.6 is 0 Å². The Labute approximate surface area is 118 Å². The van der Waals surface area contributed by atoms with Crippen LogP contribution < -0.4 is 11.1 Å². The number of likely N-dealkylation sites (tertiary alicyclic amines) is 1. The lowest BCUT2D eigenvalue weighted by atomic mass is 9.84. The highest BCUT2D eigenvalue weighted by molar-refractivity contribution is 5.75. The van der Waals surface area contributed by atoms with Crippen LogP contribution in [-0.4, -0.2) is 43.0 Å². The first-order valence-corrected chi connectivity index (χ1v) is 7.65. The molecule has 0 radical (unpaired) electrons. The molecule has 0 aromatic carbocycles. The molecular weight excluding hydrogens is 238 g/mol. The van der Waals surface area contributed by atoms with Gasteiger partial charge in [0, 0.05) is 19.0 Å². The van der Waals surface area contributed by atoms with Crippen LogP contribution in [0.5, 0.6) is 0 Å². The summed E-state index contributed by atoms with van der Waals surface area (Å²) in [4.78, 5) is 14.3. The Morgan fingerprint density at radius 1 is 1.32 bits per heavy atom. The second-order valence-electron chi connectivity index (χ2n) is 6.60. The number of nitrogens with one attached hydrogen (secondary N) is 1. The van der Waals surface area contributed by atoms with Crippen molar-refractivity contribution < 1.29 is 4.79 Å². The van der Waals surface area contributed by atoms with Crippen molar-refractivity contribution in [3.63, 3.8) is 0 Å². The second kappa shape index (κ2) is 7.85. The van der Waals surface area contributed by atoms with Gasteiger partial charge in [0.05, 0.1) is 0 Å². The number of amides is 1. The first kappa shape index (κ1) is 16.4. The van der Waals surface area contributed by atoms with Crippen molar-refractivity contribution >= 4 is 5.91 Å². The smallest absolute Gasteiger partial charge is 0.220 e. The molecule has 4 heteroatoms. The Hall–Kier alpha value is -0.610. The van der Waals surface area contributed by atoms with E-state index in [1.54, 1.807) is 0 Å². The highest BCUT2D eigenvalue weighted by Crippen LogP contribution is 2.25. The SMILES string of the molecule is CC(CNC(=O)CCC(C)(C)CCN)N1CCCC1. The maximum absolute atomic E-state index is 11.9. The largest absolute Gasteiger partial charge is 0.355 e. The van der Waals surface area contributed by atoms with E-state index in [0.717, 1.165) is 19.4 Å². The normalized spacial score (nSPS) is 18.5. The molecular formula is C15H31N3O. The third kappa shape index (κ3) is 6.39. The Bertz CT molecular complexity index is 273. The van der Waals surface area contributed by atoms with E-state index in [1.807, 2.05) is 0 Å². The van der Waals surface area contributed by atoms with Gasteiger partial charge in [-0.25, -0.2) is 0 Å². The summed E-state index contributed by atoms with van der Waals surface area (Å²) in [6.45, 7) is 10.4. The Morgan fingerprint density at radius 2 is 1.95 bits per heavy atom. The summed E-state index contributed by atoms with van der Waals surface area (Å²) in [6.07, 6.45) is 5.09. The van der Waals surface area contributed by atoms with Crippen LogP contribution in [0.2, 0.25) is 0 Å². The van der Waals surface area contributed by atoms with Gasteiger partial charge in [0.2, 0.25) is 5.91 Å². The van der Waals surface area contributed by atoms with Crippen molar-refractivity contribution in [3.8, 4) is 0 Å². The van der Waals surface area contributed by atoms with Gasteiger partial charge in [-0.05, 0) is 57.7 Å². The summed E-state index contributed by atoms with van der Waals surface area (Å²) in [5.74, 6) is 0.177. The molecule has 1 saturated heterocycles. The minimum absolute atomic E-state index is 0.173. The van der Waals surface area contributed by atoms with Gasteiger partial charge in [-0.3, -0.25) is 9.69 Å². The van der Waals surface area contributed by atoms with E-state index in [0.29, 0.717) is 19.0 Å². The average molecular weight is 269 g/mol. The first-order valence-electron chi connectivity index (χ1n) is 7.65. The molecule has 0 bridgehead atoms. The Kier molecular flexibility index (Phi) is 6.80. The fourth-order valence-corrected chi connectivity index (χ4v) is 2.63. The maximum atomic E-state index is 11.9. The fraction of sp³-hybridized carbons (Fsp3) is 0.933. The number of hydrogen-bond acceptors (Lipinski definition) is 3. The highest BCUT2D eigenvalue weighted by atomic mass is 16.1. The van der Waals surface area contributed by atoms with Crippen LogP contribution in [0.1, 0.15) is 52.9 Å². The van der Waals surface area contributed by atoms with Crippen molar-refractivity contribution in [3.05, 3.63) is 0 Å². The maximum Gasteiger partial charge on any atom is 0.220 e. The number of nitrogens with zero attached hydrogens (tertiary/aromatic N) is 1. The summed E-state index contributed by atoms with van der Waals surface area (Å²) < 4.78 is 0. The van der Waals surface area contributed by atoms with Crippen LogP contribution in [0.4, 0.5) is 0 Å². The quantitative estimate of drug-likeness (QED) is 0.706. The van der Waals surface area contributed by atoms with Gasteiger partial charge in [0.15, 0.2) is 0 Å². The molecule has 1 fully saturated rings. The molecule has 0 aliphatic carbocycles. The van der Waals surface area contributed by atoms with Crippen LogP contribution in [-0.2, 0) is 4.79 Å². The molecule has 3 N–H and O–H groups in total. The number of carbonyl (C=O) groups excluding carboxylic acids is 1. The van der Waals surface area contributed by atoms with Gasteiger partial charge < -0.3 is 11.1 Å². The van der Waals surface area contributed by atoms with Crippen molar-refractivity contribution in [2.24, 2.45) is 11.1 Å². The van der Waals surface area contributed by atoms with E-state index >= 15 is 0 Å². The van der Waals surface area contributed by atoms with Crippen molar-refractivity contribution in [1.82, 2.24) is 10.2 Å². The molecule has 1 heterocycles. The average Bonchev–Trinajstić information content (AvgIpc) is 2.87. The lowest BCUT2D eigenvalue weighted by Gasteiger charge is -2.25. The Balaban J connectivity index is 2.16. The Morgan fingerprint density at radius 3 is 2.53 bits per heavy atom. The lowest BCUT2D eigenvalue weighted by molar-refractivity contribution is -0.121.